The number of hydrogen-bond acceptors (Lipinski definition) is 1. The van der Waals surface area contributed by atoms with Crippen LogP contribution in [-0.2, 0) is 6.18 Å². The van der Waals surface area contributed by atoms with Gasteiger partial charge in [-0.05, 0) is 25.0 Å². The molecule has 0 N–H and O–H groups in total. The van der Waals surface area contributed by atoms with Gasteiger partial charge in [-0.3, -0.25) is 0 Å². The highest BCUT2D eigenvalue weighted by Crippen LogP contribution is 2.36. The minimum Gasteiger partial charge on any atom is -0.241 e. The van der Waals surface area contributed by atoms with Gasteiger partial charge in [0.05, 0.1) is 5.56 Å². The van der Waals surface area contributed by atoms with Gasteiger partial charge in [-0.25, -0.2) is 4.98 Å². The van der Waals surface area contributed by atoms with Gasteiger partial charge in [-0.2, -0.15) is 13.2 Å². The topological polar surface area (TPSA) is 12.9 Å². The maximum Gasteiger partial charge on any atom is 0.416 e. The van der Waals surface area contributed by atoms with Crippen LogP contribution in [0.25, 0.3) is 0 Å². The van der Waals surface area contributed by atoms with E-state index < -0.39 is 11.7 Å². The monoisotopic (exact) mass is 263 g/mol. The molecular formula is C12H13ClF3N. The van der Waals surface area contributed by atoms with Crippen LogP contribution in [0, 0.1) is 0 Å². The van der Waals surface area contributed by atoms with Crippen LogP contribution in [-0.4, -0.2) is 4.98 Å². The van der Waals surface area contributed by atoms with E-state index in [2.05, 4.69) is 4.98 Å². The van der Waals surface area contributed by atoms with E-state index in [1.165, 1.54) is 0 Å². The molecule has 0 aromatic carbocycles. The van der Waals surface area contributed by atoms with Crippen molar-refractivity contribution in [2.75, 3.05) is 0 Å². The van der Waals surface area contributed by atoms with Crippen LogP contribution in [0.1, 0.15) is 49.3 Å². The van der Waals surface area contributed by atoms with Crippen LogP contribution >= 0.6 is 11.6 Å². The van der Waals surface area contributed by atoms with Crippen LogP contribution in [0.4, 0.5) is 13.2 Å². The van der Waals surface area contributed by atoms with E-state index in [0.29, 0.717) is 5.69 Å². The first-order valence-corrected chi connectivity index (χ1v) is 6.09. The van der Waals surface area contributed by atoms with Crippen molar-refractivity contribution in [1.29, 1.82) is 0 Å². The third-order valence-corrected chi connectivity index (χ3v) is 3.36. The van der Waals surface area contributed by atoms with Crippen LogP contribution < -0.4 is 0 Å². The van der Waals surface area contributed by atoms with E-state index in [-0.39, 0.29) is 11.1 Å². The molecule has 94 valence electrons. The summed E-state index contributed by atoms with van der Waals surface area (Å²) in [5.41, 5.74) is -0.206. The minimum atomic E-state index is -4.35. The standard InChI is InChI=1S/C12H13ClF3N/c13-11-7-9(12(14,15)16)6-10(17-11)8-4-2-1-3-5-8/h6-8H,1-5H2. The Hall–Kier alpha value is -0.770. The lowest BCUT2D eigenvalue weighted by atomic mass is 9.86. The molecule has 0 saturated heterocycles. The molecule has 1 nitrogen and oxygen atoms in total. The summed E-state index contributed by atoms with van der Waals surface area (Å²) in [4.78, 5) is 4.04. The van der Waals surface area contributed by atoms with Gasteiger partial charge in [0.25, 0.3) is 0 Å². The Morgan fingerprint density at radius 2 is 1.76 bits per heavy atom. The van der Waals surface area contributed by atoms with Crippen LogP contribution in [0.5, 0.6) is 0 Å². The average molecular weight is 264 g/mol. The second-order valence-corrected chi connectivity index (χ2v) is 4.82. The van der Waals surface area contributed by atoms with Crippen molar-refractivity contribution in [3.63, 3.8) is 0 Å². The lowest BCUT2D eigenvalue weighted by Crippen LogP contribution is -2.11. The lowest BCUT2D eigenvalue weighted by Gasteiger charge is -2.22. The summed E-state index contributed by atoms with van der Waals surface area (Å²) in [7, 11) is 0. The first kappa shape index (κ1) is 12.7. The Labute approximate surface area is 103 Å². The van der Waals surface area contributed by atoms with Gasteiger partial charge in [0.2, 0.25) is 0 Å². The van der Waals surface area contributed by atoms with Crippen molar-refractivity contribution in [2.45, 2.75) is 44.2 Å². The first-order chi connectivity index (χ1) is 7.97. The van der Waals surface area contributed by atoms with Crippen molar-refractivity contribution in [3.8, 4) is 0 Å². The predicted molar refractivity (Wildman–Crippen MR) is 60.1 cm³/mol. The van der Waals surface area contributed by atoms with Gasteiger partial charge in [0, 0.05) is 11.6 Å². The molecule has 5 heteroatoms. The molecule has 0 bridgehead atoms. The lowest BCUT2D eigenvalue weighted by molar-refractivity contribution is -0.137. The second-order valence-electron chi connectivity index (χ2n) is 4.44. The maximum absolute atomic E-state index is 12.6. The molecule has 0 amide bonds. The molecule has 1 aromatic heterocycles. The van der Waals surface area contributed by atoms with Gasteiger partial charge in [0.15, 0.2) is 0 Å². The SMILES string of the molecule is FC(F)(F)c1cc(Cl)nc(C2CCCCC2)c1. The van der Waals surface area contributed by atoms with E-state index in [0.717, 1.165) is 44.2 Å². The van der Waals surface area contributed by atoms with Crippen LogP contribution in [0.2, 0.25) is 5.15 Å². The third-order valence-electron chi connectivity index (χ3n) is 3.16. The Kier molecular flexibility index (Phi) is 3.61. The van der Waals surface area contributed by atoms with Gasteiger partial charge in [-0.15, -0.1) is 0 Å². The number of halogens is 4. The highest BCUT2D eigenvalue weighted by atomic mass is 35.5. The number of aromatic nitrogens is 1. The van der Waals surface area contributed by atoms with E-state index >= 15 is 0 Å². The maximum atomic E-state index is 12.6. The molecule has 1 aliphatic rings. The fourth-order valence-electron chi connectivity index (χ4n) is 2.29. The first-order valence-electron chi connectivity index (χ1n) is 5.71. The molecular weight excluding hydrogens is 251 g/mol. The molecule has 0 unspecified atom stereocenters. The second kappa shape index (κ2) is 4.84. The molecule has 17 heavy (non-hydrogen) atoms. The molecule has 1 aromatic rings. The van der Waals surface area contributed by atoms with Crippen molar-refractivity contribution in [3.05, 3.63) is 28.5 Å². The van der Waals surface area contributed by atoms with Gasteiger partial charge < -0.3 is 0 Å². The van der Waals surface area contributed by atoms with Crippen molar-refractivity contribution >= 4 is 11.6 Å². The van der Waals surface area contributed by atoms with Gasteiger partial charge >= 0.3 is 6.18 Å². The van der Waals surface area contributed by atoms with Crippen molar-refractivity contribution < 1.29 is 13.2 Å². The zero-order chi connectivity index (χ0) is 12.5. The summed E-state index contributed by atoms with van der Waals surface area (Å²) in [6.07, 6.45) is 0.731. The van der Waals surface area contributed by atoms with Crippen molar-refractivity contribution in [1.82, 2.24) is 4.98 Å². The van der Waals surface area contributed by atoms with Gasteiger partial charge in [-0.1, -0.05) is 30.9 Å². The quantitative estimate of drug-likeness (QED) is 0.663. The van der Waals surface area contributed by atoms with Gasteiger partial charge in [0.1, 0.15) is 5.15 Å². The van der Waals surface area contributed by atoms with E-state index in [1.807, 2.05) is 0 Å². The average Bonchev–Trinajstić information content (AvgIpc) is 2.28. The zero-order valence-corrected chi connectivity index (χ0v) is 9.98. The molecule has 1 heterocycles. The fraction of sp³-hybridized carbons (Fsp3) is 0.583. The summed E-state index contributed by atoms with van der Waals surface area (Å²) >= 11 is 5.66. The van der Waals surface area contributed by atoms with E-state index in [9.17, 15) is 13.2 Å². The number of nitrogens with zero attached hydrogens (tertiary/aromatic N) is 1. The number of hydrogen-bond donors (Lipinski definition) is 0. The smallest absolute Gasteiger partial charge is 0.241 e. The number of alkyl halides is 3. The molecule has 0 spiro atoms. The Balaban J connectivity index is 2.31. The highest BCUT2D eigenvalue weighted by molar-refractivity contribution is 6.29. The molecule has 1 aliphatic carbocycles. The summed E-state index contributed by atoms with van der Waals surface area (Å²) in [6, 6.07) is 2.02. The third kappa shape index (κ3) is 3.12. The van der Waals surface area contributed by atoms with Crippen LogP contribution in [0.3, 0.4) is 0 Å². The van der Waals surface area contributed by atoms with E-state index in [4.69, 9.17) is 11.6 Å². The van der Waals surface area contributed by atoms with Crippen molar-refractivity contribution in [2.24, 2.45) is 0 Å². The predicted octanol–water partition coefficient (Wildman–Crippen LogP) is 4.80. The largest absolute Gasteiger partial charge is 0.416 e. The summed E-state index contributed by atoms with van der Waals surface area (Å²) in [6.45, 7) is 0. The normalized spacial score (nSPS) is 18.4. The Bertz CT molecular complexity index is 397. The number of rotatable bonds is 1. The Morgan fingerprint density at radius 1 is 1.12 bits per heavy atom. The zero-order valence-electron chi connectivity index (χ0n) is 9.23. The fourth-order valence-corrected chi connectivity index (χ4v) is 2.50. The molecule has 0 atom stereocenters. The summed E-state index contributed by atoms with van der Waals surface area (Å²) < 4.78 is 37.9. The molecule has 0 aliphatic heterocycles. The van der Waals surface area contributed by atoms with Crippen LogP contribution in [0.15, 0.2) is 12.1 Å². The highest BCUT2D eigenvalue weighted by Gasteiger charge is 2.32. The molecule has 0 radical (unpaired) electrons. The molecule has 1 fully saturated rings. The number of pyridine rings is 1. The minimum absolute atomic E-state index is 0.0691. The summed E-state index contributed by atoms with van der Waals surface area (Å²) in [5.74, 6) is 0.128. The Morgan fingerprint density at radius 3 is 2.35 bits per heavy atom. The summed E-state index contributed by atoms with van der Waals surface area (Å²) in [5, 5.41) is -0.0691. The molecule has 1 saturated carbocycles. The van der Waals surface area contributed by atoms with E-state index in [1.54, 1.807) is 0 Å². The molecule has 2 rings (SSSR count).